The molecule has 0 saturated heterocycles. The van der Waals surface area contributed by atoms with Crippen LogP contribution in [0.2, 0.25) is 0 Å². The van der Waals surface area contributed by atoms with Crippen LogP contribution in [0.1, 0.15) is 20.3 Å². The molecular formula is C8H19NO2. The first-order valence-corrected chi connectivity index (χ1v) is 3.95. The molecule has 0 radical (unpaired) electrons. The summed E-state index contributed by atoms with van der Waals surface area (Å²) in [4.78, 5) is 1.93. The Morgan fingerprint density at radius 2 is 1.91 bits per heavy atom. The number of rotatable bonds is 4. The monoisotopic (exact) mass is 161 g/mol. The zero-order chi connectivity index (χ0) is 9.07. The molecule has 0 amide bonds. The lowest BCUT2D eigenvalue weighted by Gasteiger charge is -2.35. The Balaban J connectivity index is 4.23. The zero-order valence-electron chi connectivity index (χ0n) is 7.83. The fourth-order valence-corrected chi connectivity index (χ4v) is 1.47. The normalized spacial score (nSPS) is 19.9. The zero-order valence-corrected chi connectivity index (χ0v) is 7.83. The van der Waals surface area contributed by atoms with E-state index >= 15 is 0 Å². The van der Waals surface area contributed by atoms with E-state index in [9.17, 15) is 5.11 Å². The average Bonchev–Trinajstić information content (AvgIpc) is 1.88. The second-order valence-electron chi connectivity index (χ2n) is 3.40. The molecule has 0 spiro atoms. The molecule has 0 saturated carbocycles. The van der Waals surface area contributed by atoms with Gasteiger partial charge in [-0.15, -0.1) is 0 Å². The number of aliphatic hydroxyl groups excluding tert-OH is 1. The maximum atomic E-state index is 9.66. The number of aliphatic hydroxyl groups is 2. The molecule has 0 aliphatic heterocycles. The summed E-state index contributed by atoms with van der Waals surface area (Å²) in [6, 6.07) is 0.0208. The van der Waals surface area contributed by atoms with E-state index in [1.54, 1.807) is 6.92 Å². The van der Waals surface area contributed by atoms with Crippen molar-refractivity contribution in [2.45, 2.75) is 31.9 Å². The van der Waals surface area contributed by atoms with Crippen LogP contribution in [0.3, 0.4) is 0 Å². The summed E-state index contributed by atoms with van der Waals surface area (Å²) in [5.74, 6) is 0. The number of hydrogen-bond donors (Lipinski definition) is 2. The lowest BCUT2D eigenvalue weighted by atomic mass is 9.94. The summed E-state index contributed by atoms with van der Waals surface area (Å²) < 4.78 is 0. The van der Waals surface area contributed by atoms with E-state index < -0.39 is 5.60 Å². The van der Waals surface area contributed by atoms with Gasteiger partial charge >= 0.3 is 0 Å². The van der Waals surface area contributed by atoms with E-state index in [1.165, 1.54) is 0 Å². The van der Waals surface area contributed by atoms with E-state index in [0.717, 1.165) is 6.42 Å². The summed E-state index contributed by atoms with van der Waals surface area (Å²) in [6.07, 6.45) is 0.834. The van der Waals surface area contributed by atoms with Crippen LogP contribution >= 0.6 is 0 Å². The standard InChI is InChI=1S/C8H19NO2/c1-5-7(9(3)4)8(2,11)6-10/h7,10-11H,5-6H2,1-4H3. The third-order valence-corrected chi connectivity index (χ3v) is 2.05. The maximum absolute atomic E-state index is 9.66. The minimum Gasteiger partial charge on any atom is -0.393 e. The summed E-state index contributed by atoms with van der Waals surface area (Å²) in [5.41, 5.74) is -0.988. The molecule has 3 heteroatoms. The lowest BCUT2D eigenvalue weighted by molar-refractivity contribution is -0.0582. The van der Waals surface area contributed by atoms with Crippen LogP contribution in [-0.2, 0) is 0 Å². The molecule has 68 valence electrons. The van der Waals surface area contributed by atoms with Crippen LogP contribution < -0.4 is 0 Å². The molecule has 3 nitrogen and oxygen atoms in total. The predicted molar refractivity (Wildman–Crippen MR) is 45.5 cm³/mol. The van der Waals surface area contributed by atoms with Gasteiger partial charge in [0.05, 0.1) is 6.61 Å². The highest BCUT2D eigenvalue weighted by molar-refractivity contribution is 4.85. The molecule has 2 N–H and O–H groups in total. The topological polar surface area (TPSA) is 43.7 Å². The van der Waals surface area contributed by atoms with Crippen molar-refractivity contribution in [3.63, 3.8) is 0 Å². The highest BCUT2D eigenvalue weighted by atomic mass is 16.3. The average molecular weight is 161 g/mol. The first kappa shape index (κ1) is 10.9. The molecule has 0 aliphatic rings. The van der Waals surface area contributed by atoms with Crippen LogP contribution in [0.5, 0.6) is 0 Å². The molecule has 0 bridgehead atoms. The molecule has 0 rings (SSSR count). The van der Waals surface area contributed by atoms with Crippen LogP contribution in [0.25, 0.3) is 0 Å². The molecule has 0 heterocycles. The van der Waals surface area contributed by atoms with Crippen LogP contribution in [0.4, 0.5) is 0 Å². The van der Waals surface area contributed by atoms with Gasteiger partial charge in [-0.2, -0.15) is 0 Å². The van der Waals surface area contributed by atoms with Gasteiger partial charge in [0.25, 0.3) is 0 Å². The number of hydrogen-bond acceptors (Lipinski definition) is 3. The van der Waals surface area contributed by atoms with Crippen molar-refractivity contribution in [3.8, 4) is 0 Å². The lowest BCUT2D eigenvalue weighted by Crippen LogP contribution is -2.50. The molecule has 0 aromatic heterocycles. The van der Waals surface area contributed by atoms with E-state index in [4.69, 9.17) is 5.11 Å². The van der Waals surface area contributed by atoms with Crippen molar-refractivity contribution in [3.05, 3.63) is 0 Å². The number of nitrogens with zero attached hydrogens (tertiary/aromatic N) is 1. The third-order valence-electron chi connectivity index (χ3n) is 2.05. The van der Waals surface area contributed by atoms with Crippen molar-refractivity contribution < 1.29 is 10.2 Å². The van der Waals surface area contributed by atoms with Crippen LogP contribution in [-0.4, -0.2) is 47.5 Å². The molecule has 0 aliphatic carbocycles. The van der Waals surface area contributed by atoms with Gasteiger partial charge in [0.1, 0.15) is 5.60 Å². The largest absolute Gasteiger partial charge is 0.393 e. The second kappa shape index (κ2) is 4.04. The Morgan fingerprint density at radius 3 is 2.00 bits per heavy atom. The Labute approximate surface area is 68.6 Å². The summed E-state index contributed by atoms with van der Waals surface area (Å²) in [7, 11) is 3.80. The van der Waals surface area contributed by atoms with Gasteiger partial charge in [0.2, 0.25) is 0 Å². The van der Waals surface area contributed by atoms with Crippen molar-refractivity contribution in [2.75, 3.05) is 20.7 Å². The minimum atomic E-state index is -0.988. The molecule has 2 atom stereocenters. The highest BCUT2D eigenvalue weighted by Crippen LogP contribution is 2.16. The minimum absolute atomic E-state index is 0.0208. The van der Waals surface area contributed by atoms with E-state index in [2.05, 4.69) is 0 Å². The predicted octanol–water partition coefficient (Wildman–Crippen LogP) is 0.0699. The van der Waals surface area contributed by atoms with E-state index in [-0.39, 0.29) is 12.6 Å². The molecular weight excluding hydrogens is 142 g/mol. The van der Waals surface area contributed by atoms with Crippen molar-refractivity contribution in [2.24, 2.45) is 0 Å². The molecule has 0 aromatic carbocycles. The number of likely N-dealkylation sites (N-methyl/N-ethyl adjacent to an activating group) is 1. The first-order chi connectivity index (χ1) is 4.95. The fraction of sp³-hybridized carbons (Fsp3) is 1.00. The van der Waals surface area contributed by atoms with Crippen molar-refractivity contribution >= 4 is 0 Å². The molecule has 2 unspecified atom stereocenters. The Hall–Kier alpha value is -0.120. The molecule has 11 heavy (non-hydrogen) atoms. The summed E-state index contributed by atoms with van der Waals surface area (Å²) in [6.45, 7) is 3.46. The van der Waals surface area contributed by atoms with Crippen molar-refractivity contribution in [1.29, 1.82) is 0 Å². The Kier molecular flexibility index (Phi) is 4.00. The third kappa shape index (κ3) is 2.77. The van der Waals surface area contributed by atoms with Crippen LogP contribution in [0.15, 0.2) is 0 Å². The van der Waals surface area contributed by atoms with Gasteiger partial charge in [-0.05, 0) is 27.4 Å². The SMILES string of the molecule is CCC(N(C)C)C(C)(O)CO. The quantitative estimate of drug-likeness (QED) is 0.613. The van der Waals surface area contributed by atoms with Gasteiger partial charge in [-0.1, -0.05) is 6.92 Å². The smallest absolute Gasteiger partial charge is 0.100 e. The van der Waals surface area contributed by atoms with E-state index in [1.807, 2.05) is 25.9 Å². The first-order valence-electron chi connectivity index (χ1n) is 3.95. The Bertz CT molecular complexity index is 113. The summed E-state index contributed by atoms with van der Waals surface area (Å²) in [5, 5.41) is 18.5. The van der Waals surface area contributed by atoms with Gasteiger partial charge in [-0.25, -0.2) is 0 Å². The summed E-state index contributed by atoms with van der Waals surface area (Å²) >= 11 is 0. The van der Waals surface area contributed by atoms with Gasteiger partial charge in [0.15, 0.2) is 0 Å². The molecule has 0 fully saturated rings. The fourth-order valence-electron chi connectivity index (χ4n) is 1.47. The van der Waals surface area contributed by atoms with E-state index in [0.29, 0.717) is 0 Å². The molecule has 0 aromatic rings. The van der Waals surface area contributed by atoms with Crippen LogP contribution in [0, 0.1) is 0 Å². The highest BCUT2D eigenvalue weighted by Gasteiger charge is 2.31. The maximum Gasteiger partial charge on any atom is 0.100 e. The van der Waals surface area contributed by atoms with Crippen molar-refractivity contribution in [1.82, 2.24) is 4.90 Å². The second-order valence-corrected chi connectivity index (χ2v) is 3.40. The van der Waals surface area contributed by atoms with Gasteiger partial charge in [0, 0.05) is 6.04 Å². The van der Waals surface area contributed by atoms with Gasteiger partial charge < -0.3 is 15.1 Å². The Morgan fingerprint density at radius 1 is 1.45 bits per heavy atom. The van der Waals surface area contributed by atoms with Gasteiger partial charge in [-0.3, -0.25) is 0 Å².